The highest BCUT2D eigenvalue weighted by molar-refractivity contribution is 6.04. The number of rotatable bonds is 3. The van der Waals surface area contributed by atoms with E-state index in [0.29, 0.717) is 22.2 Å². The van der Waals surface area contributed by atoms with Crippen LogP contribution in [0.4, 0.5) is 4.39 Å². The van der Waals surface area contributed by atoms with E-state index >= 15 is 0 Å². The smallest absolute Gasteiger partial charge is 0.336 e. The van der Waals surface area contributed by atoms with Gasteiger partial charge in [-0.3, -0.25) is 0 Å². The lowest BCUT2D eigenvalue weighted by Crippen LogP contribution is -2.01. The molecule has 0 saturated heterocycles. The lowest BCUT2D eigenvalue weighted by molar-refractivity contribution is 0.0699. The van der Waals surface area contributed by atoms with Gasteiger partial charge in [-0.25, -0.2) is 14.2 Å². The number of carbonyl (C=O) groups is 1. The first-order chi connectivity index (χ1) is 10.6. The van der Waals surface area contributed by atoms with E-state index in [0.717, 1.165) is 12.0 Å². The number of halogens is 1. The molecule has 1 heterocycles. The Morgan fingerprint density at radius 3 is 2.55 bits per heavy atom. The second-order valence-electron chi connectivity index (χ2n) is 5.03. The number of benzene rings is 2. The maximum Gasteiger partial charge on any atom is 0.336 e. The highest BCUT2D eigenvalue weighted by atomic mass is 19.1. The minimum atomic E-state index is -0.996. The molecule has 3 aromatic rings. The van der Waals surface area contributed by atoms with Gasteiger partial charge in [0.15, 0.2) is 0 Å². The predicted octanol–water partition coefficient (Wildman–Crippen LogP) is 4.30. The molecule has 3 nitrogen and oxygen atoms in total. The number of nitrogens with zero attached hydrogens (tertiary/aromatic N) is 1. The molecular formula is C18H14FNO2. The summed E-state index contributed by atoms with van der Waals surface area (Å²) in [5.41, 5.74) is 3.11. The van der Waals surface area contributed by atoms with E-state index in [1.807, 2.05) is 19.1 Å². The highest BCUT2D eigenvalue weighted by Crippen LogP contribution is 2.27. The first-order valence-corrected chi connectivity index (χ1v) is 7.02. The predicted molar refractivity (Wildman–Crippen MR) is 83.5 cm³/mol. The van der Waals surface area contributed by atoms with Gasteiger partial charge in [0.25, 0.3) is 0 Å². The van der Waals surface area contributed by atoms with E-state index in [1.54, 1.807) is 18.2 Å². The summed E-state index contributed by atoms with van der Waals surface area (Å²) in [6.07, 6.45) is 0.760. The molecule has 0 spiro atoms. The van der Waals surface area contributed by atoms with Crippen LogP contribution in [-0.2, 0) is 6.42 Å². The summed E-state index contributed by atoms with van der Waals surface area (Å²) in [5.74, 6) is -1.33. The van der Waals surface area contributed by atoms with Gasteiger partial charge in [-0.05, 0) is 42.3 Å². The van der Waals surface area contributed by atoms with Crippen molar-refractivity contribution in [3.8, 4) is 11.3 Å². The third-order valence-electron chi connectivity index (χ3n) is 3.67. The lowest BCUT2D eigenvalue weighted by Gasteiger charge is -2.10. The van der Waals surface area contributed by atoms with E-state index in [-0.39, 0.29) is 11.4 Å². The quantitative estimate of drug-likeness (QED) is 0.783. The molecule has 0 bridgehead atoms. The average Bonchev–Trinajstić information content (AvgIpc) is 2.53. The number of aryl methyl sites for hydroxylation is 1. The molecule has 0 saturated carbocycles. The molecule has 0 aliphatic carbocycles. The van der Waals surface area contributed by atoms with Crippen LogP contribution in [-0.4, -0.2) is 16.1 Å². The zero-order valence-electron chi connectivity index (χ0n) is 12.0. The monoisotopic (exact) mass is 295 g/mol. The summed E-state index contributed by atoms with van der Waals surface area (Å²) in [6, 6.07) is 13.0. The molecule has 1 aromatic heterocycles. The van der Waals surface area contributed by atoms with Gasteiger partial charge in [-0.15, -0.1) is 0 Å². The SMILES string of the molecule is CCc1cccc2c(C(=O)O)cc(-c3ccc(F)cc3)nc12. The number of aromatic nitrogens is 1. The van der Waals surface area contributed by atoms with Gasteiger partial charge in [0.05, 0.1) is 16.8 Å². The summed E-state index contributed by atoms with van der Waals surface area (Å²) >= 11 is 0. The van der Waals surface area contributed by atoms with Gasteiger partial charge in [0.2, 0.25) is 0 Å². The number of carboxylic acid groups (broad SMARTS) is 1. The molecule has 0 aliphatic rings. The Kier molecular flexibility index (Phi) is 3.59. The fourth-order valence-electron chi connectivity index (χ4n) is 2.54. The van der Waals surface area contributed by atoms with E-state index in [1.165, 1.54) is 18.2 Å². The number of aromatic carboxylic acids is 1. The molecular weight excluding hydrogens is 281 g/mol. The van der Waals surface area contributed by atoms with Crippen LogP contribution >= 0.6 is 0 Å². The van der Waals surface area contributed by atoms with Crippen molar-refractivity contribution in [1.82, 2.24) is 4.98 Å². The molecule has 0 radical (unpaired) electrons. The van der Waals surface area contributed by atoms with Crippen LogP contribution in [0.1, 0.15) is 22.8 Å². The van der Waals surface area contributed by atoms with E-state index in [4.69, 9.17) is 0 Å². The number of fused-ring (bicyclic) bond motifs is 1. The van der Waals surface area contributed by atoms with Crippen molar-refractivity contribution in [1.29, 1.82) is 0 Å². The molecule has 0 atom stereocenters. The van der Waals surface area contributed by atoms with Gasteiger partial charge in [-0.2, -0.15) is 0 Å². The number of pyridine rings is 1. The molecule has 0 amide bonds. The first-order valence-electron chi connectivity index (χ1n) is 7.02. The number of carboxylic acids is 1. The summed E-state index contributed by atoms with van der Waals surface area (Å²) in [7, 11) is 0. The van der Waals surface area contributed by atoms with Crippen LogP contribution in [0.15, 0.2) is 48.5 Å². The summed E-state index contributed by atoms with van der Waals surface area (Å²) in [5, 5.41) is 10.1. The largest absolute Gasteiger partial charge is 0.478 e. The van der Waals surface area contributed by atoms with Gasteiger partial charge in [-0.1, -0.05) is 25.1 Å². The Morgan fingerprint density at radius 1 is 1.18 bits per heavy atom. The third kappa shape index (κ3) is 2.44. The van der Waals surface area contributed by atoms with Crippen molar-refractivity contribution >= 4 is 16.9 Å². The standard InChI is InChI=1S/C18H14FNO2/c1-2-11-4-3-5-14-15(18(21)22)10-16(20-17(11)14)12-6-8-13(19)9-7-12/h3-10H,2H2,1H3,(H,21,22). The molecule has 22 heavy (non-hydrogen) atoms. The number of hydrogen-bond acceptors (Lipinski definition) is 2. The maximum absolute atomic E-state index is 13.1. The van der Waals surface area contributed by atoms with Crippen LogP contribution in [0, 0.1) is 5.82 Å². The highest BCUT2D eigenvalue weighted by Gasteiger charge is 2.14. The lowest BCUT2D eigenvalue weighted by atomic mass is 10.0. The van der Waals surface area contributed by atoms with Gasteiger partial charge >= 0.3 is 5.97 Å². The minimum Gasteiger partial charge on any atom is -0.478 e. The number of para-hydroxylation sites is 1. The van der Waals surface area contributed by atoms with Crippen LogP contribution in [0.5, 0.6) is 0 Å². The van der Waals surface area contributed by atoms with Crippen LogP contribution in [0.25, 0.3) is 22.2 Å². The van der Waals surface area contributed by atoms with Crippen molar-refractivity contribution < 1.29 is 14.3 Å². The van der Waals surface area contributed by atoms with E-state index in [9.17, 15) is 14.3 Å². The molecule has 0 aliphatic heterocycles. The van der Waals surface area contributed by atoms with Crippen molar-refractivity contribution in [3.63, 3.8) is 0 Å². The Bertz CT molecular complexity index is 857. The van der Waals surface area contributed by atoms with Gasteiger partial charge in [0.1, 0.15) is 5.82 Å². The summed E-state index contributed by atoms with van der Waals surface area (Å²) < 4.78 is 13.1. The van der Waals surface area contributed by atoms with E-state index in [2.05, 4.69) is 4.98 Å². The van der Waals surface area contributed by atoms with Crippen molar-refractivity contribution in [2.75, 3.05) is 0 Å². The zero-order valence-corrected chi connectivity index (χ0v) is 12.0. The van der Waals surface area contributed by atoms with Crippen LogP contribution in [0.3, 0.4) is 0 Å². The average molecular weight is 295 g/mol. The topological polar surface area (TPSA) is 50.2 Å². The Labute approximate surface area is 127 Å². The Balaban J connectivity index is 2.32. The normalized spacial score (nSPS) is 10.8. The molecule has 3 rings (SSSR count). The zero-order chi connectivity index (χ0) is 15.7. The summed E-state index contributed by atoms with van der Waals surface area (Å²) in [6.45, 7) is 2.00. The van der Waals surface area contributed by atoms with Gasteiger partial charge in [0, 0.05) is 10.9 Å². The Hall–Kier alpha value is -2.75. The van der Waals surface area contributed by atoms with Crippen LogP contribution in [0.2, 0.25) is 0 Å². The van der Waals surface area contributed by atoms with Crippen molar-refractivity contribution in [2.45, 2.75) is 13.3 Å². The molecule has 1 N–H and O–H groups in total. The second kappa shape index (κ2) is 5.56. The Morgan fingerprint density at radius 2 is 1.91 bits per heavy atom. The van der Waals surface area contributed by atoms with Crippen LogP contribution < -0.4 is 0 Å². The third-order valence-corrected chi connectivity index (χ3v) is 3.67. The fraction of sp³-hybridized carbons (Fsp3) is 0.111. The maximum atomic E-state index is 13.1. The molecule has 0 unspecified atom stereocenters. The molecule has 2 aromatic carbocycles. The van der Waals surface area contributed by atoms with Gasteiger partial charge < -0.3 is 5.11 Å². The second-order valence-corrected chi connectivity index (χ2v) is 5.03. The van der Waals surface area contributed by atoms with E-state index < -0.39 is 5.97 Å². The number of hydrogen-bond donors (Lipinski definition) is 1. The fourth-order valence-corrected chi connectivity index (χ4v) is 2.54. The van der Waals surface area contributed by atoms with Crippen molar-refractivity contribution in [2.24, 2.45) is 0 Å². The summed E-state index contributed by atoms with van der Waals surface area (Å²) in [4.78, 5) is 16.2. The molecule has 0 fully saturated rings. The first kappa shape index (κ1) is 14.2. The molecule has 4 heteroatoms. The minimum absolute atomic E-state index is 0.208. The molecule has 110 valence electrons. The van der Waals surface area contributed by atoms with Crippen molar-refractivity contribution in [3.05, 3.63) is 65.5 Å².